The van der Waals surface area contributed by atoms with Gasteiger partial charge in [0.1, 0.15) is 6.04 Å². The van der Waals surface area contributed by atoms with Gasteiger partial charge in [-0.05, 0) is 51.0 Å². The minimum atomic E-state index is -1.14. The molecule has 0 saturated heterocycles. The molecule has 2 aromatic carbocycles. The van der Waals surface area contributed by atoms with E-state index in [4.69, 9.17) is 4.74 Å². The Bertz CT molecular complexity index is 970. The molecular formula is C22H22N2O5. The van der Waals surface area contributed by atoms with Crippen molar-refractivity contribution < 1.29 is 23.9 Å². The van der Waals surface area contributed by atoms with Crippen LogP contribution in [0.2, 0.25) is 0 Å². The Morgan fingerprint density at radius 3 is 2.03 bits per heavy atom. The van der Waals surface area contributed by atoms with Crippen LogP contribution in [0.3, 0.4) is 0 Å². The summed E-state index contributed by atoms with van der Waals surface area (Å²) in [5, 5.41) is 2.74. The highest BCUT2D eigenvalue weighted by atomic mass is 16.5. The first-order valence-electron chi connectivity index (χ1n) is 9.22. The van der Waals surface area contributed by atoms with Gasteiger partial charge in [0, 0.05) is 5.69 Å². The molecule has 0 aliphatic carbocycles. The summed E-state index contributed by atoms with van der Waals surface area (Å²) < 4.78 is 5.05. The van der Waals surface area contributed by atoms with Gasteiger partial charge in [-0.3, -0.25) is 19.3 Å². The second-order valence-corrected chi connectivity index (χ2v) is 7.13. The zero-order valence-corrected chi connectivity index (χ0v) is 16.7. The largest absolute Gasteiger partial charge is 0.454 e. The number of hydrogen-bond donors (Lipinski definition) is 1. The quantitative estimate of drug-likeness (QED) is 0.622. The van der Waals surface area contributed by atoms with Crippen molar-refractivity contribution in [1.29, 1.82) is 0 Å². The number of carbonyl (C=O) groups excluding carboxylic acids is 4. The Morgan fingerprint density at radius 1 is 1.00 bits per heavy atom. The van der Waals surface area contributed by atoms with Crippen LogP contribution in [0, 0.1) is 20.8 Å². The van der Waals surface area contributed by atoms with E-state index in [1.165, 1.54) is 19.1 Å². The van der Waals surface area contributed by atoms with Gasteiger partial charge < -0.3 is 10.1 Å². The Morgan fingerprint density at radius 2 is 1.52 bits per heavy atom. The first-order valence-corrected chi connectivity index (χ1v) is 9.22. The van der Waals surface area contributed by atoms with Crippen molar-refractivity contribution in [3.05, 3.63) is 64.2 Å². The molecule has 0 saturated carbocycles. The zero-order valence-electron chi connectivity index (χ0n) is 16.7. The third-order valence-electron chi connectivity index (χ3n) is 4.84. The average Bonchev–Trinajstić information content (AvgIpc) is 2.93. The summed E-state index contributed by atoms with van der Waals surface area (Å²) in [7, 11) is 0. The first kappa shape index (κ1) is 20.3. The number of esters is 1. The number of anilines is 1. The summed E-state index contributed by atoms with van der Waals surface area (Å²) in [6, 6.07) is 9.11. The number of amides is 3. The van der Waals surface area contributed by atoms with Crippen LogP contribution in [0.4, 0.5) is 5.69 Å². The van der Waals surface area contributed by atoms with Crippen LogP contribution in [0.1, 0.15) is 44.3 Å². The molecular weight excluding hydrogens is 372 g/mol. The van der Waals surface area contributed by atoms with E-state index in [1.54, 1.807) is 12.1 Å². The molecule has 1 N–H and O–H groups in total. The maximum absolute atomic E-state index is 12.5. The van der Waals surface area contributed by atoms with Crippen LogP contribution in [0.25, 0.3) is 0 Å². The lowest BCUT2D eigenvalue weighted by Gasteiger charge is -2.21. The molecule has 0 fully saturated rings. The third-order valence-corrected chi connectivity index (χ3v) is 4.84. The fourth-order valence-corrected chi connectivity index (χ4v) is 3.48. The van der Waals surface area contributed by atoms with E-state index in [0.717, 1.165) is 21.6 Å². The number of aryl methyl sites for hydroxylation is 3. The van der Waals surface area contributed by atoms with Gasteiger partial charge in [-0.15, -0.1) is 0 Å². The van der Waals surface area contributed by atoms with Gasteiger partial charge in [0.15, 0.2) is 6.61 Å². The fourth-order valence-electron chi connectivity index (χ4n) is 3.48. The van der Waals surface area contributed by atoms with Crippen molar-refractivity contribution in [3.63, 3.8) is 0 Å². The van der Waals surface area contributed by atoms with Crippen LogP contribution in [-0.4, -0.2) is 41.2 Å². The van der Waals surface area contributed by atoms with Gasteiger partial charge in [0.2, 0.25) is 0 Å². The van der Waals surface area contributed by atoms with Gasteiger partial charge in [-0.1, -0.05) is 29.8 Å². The van der Waals surface area contributed by atoms with E-state index < -0.39 is 36.3 Å². The average molecular weight is 394 g/mol. The molecule has 1 aliphatic heterocycles. The second kappa shape index (κ2) is 7.87. The highest BCUT2D eigenvalue weighted by Crippen LogP contribution is 2.25. The number of ether oxygens (including phenoxy) is 1. The summed E-state index contributed by atoms with van der Waals surface area (Å²) in [6.07, 6.45) is 0. The smallest absolute Gasteiger partial charge is 0.329 e. The van der Waals surface area contributed by atoms with Gasteiger partial charge >= 0.3 is 5.97 Å². The van der Waals surface area contributed by atoms with Gasteiger partial charge in [-0.2, -0.15) is 0 Å². The number of benzene rings is 2. The standard InChI is InChI=1S/C22H22N2O5/c1-12-9-13(2)19(14(3)10-12)23-18(25)11-29-22(28)15(4)24-20(26)16-7-5-6-8-17(16)21(24)27/h5-10,15H,11H2,1-4H3,(H,23,25). The normalized spacial score (nSPS) is 13.9. The van der Waals surface area contributed by atoms with Crippen LogP contribution in [-0.2, 0) is 14.3 Å². The van der Waals surface area contributed by atoms with E-state index >= 15 is 0 Å². The predicted molar refractivity (Wildman–Crippen MR) is 107 cm³/mol. The fraction of sp³-hybridized carbons (Fsp3) is 0.273. The Labute approximate surface area is 168 Å². The minimum absolute atomic E-state index is 0.250. The van der Waals surface area contributed by atoms with E-state index in [-0.39, 0.29) is 11.1 Å². The molecule has 1 unspecified atom stereocenters. The lowest BCUT2D eigenvalue weighted by molar-refractivity contribution is -0.150. The van der Waals surface area contributed by atoms with Crippen molar-refractivity contribution in [1.82, 2.24) is 4.90 Å². The topological polar surface area (TPSA) is 92.8 Å². The summed E-state index contributed by atoms with van der Waals surface area (Å²) >= 11 is 0. The summed E-state index contributed by atoms with van der Waals surface area (Å²) in [5.74, 6) is -2.43. The Balaban J connectivity index is 1.62. The molecule has 0 bridgehead atoms. The van der Waals surface area contributed by atoms with E-state index in [2.05, 4.69) is 5.32 Å². The molecule has 29 heavy (non-hydrogen) atoms. The SMILES string of the molecule is Cc1cc(C)c(NC(=O)COC(=O)C(C)N2C(=O)c3ccccc3C2=O)c(C)c1. The van der Waals surface area contributed by atoms with E-state index in [9.17, 15) is 19.2 Å². The summed E-state index contributed by atoms with van der Waals surface area (Å²) in [4.78, 5) is 50.3. The molecule has 7 nitrogen and oxygen atoms in total. The molecule has 1 heterocycles. The summed E-state index contributed by atoms with van der Waals surface area (Å²) in [6.45, 7) is 6.61. The van der Waals surface area contributed by atoms with Crippen LogP contribution in [0.5, 0.6) is 0 Å². The number of nitrogens with zero attached hydrogens (tertiary/aromatic N) is 1. The molecule has 0 radical (unpaired) electrons. The maximum atomic E-state index is 12.5. The number of hydrogen-bond acceptors (Lipinski definition) is 5. The van der Waals surface area contributed by atoms with Crippen molar-refractivity contribution >= 4 is 29.4 Å². The Kier molecular flexibility index (Phi) is 5.50. The van der Waals surface area contributed by atoms with Crippen molar-refractivity contribution in [3.8, 4) is 0 Å². The lowest BCUT2D eigenvalue weighted by Crippen LogP contribution is -2.44. The highest BCUT2D eigenvalue weighted by Gasteiger charge is 2.41. The number of imide groups is 1. The third kappa shape index (κ3) is 3.89. The van der Waals surface area contributed by atoms with Crippen molar-refractivity contribution in [2.75, 3.05) is 11.9 Å². The number of carbonyl (C=O) groups is 4. The van der Waals surface area contributed by atoms with Gasteiger partial charge in [-0.25, -0.2) is 4.79 Å². The summed E-state index contributed by atoms with van der Waals surface area (Å²) in [5.41, 5.74) is 4.06. The molecule has 3 rings (SSSR count). The molecule has 7 heteroatoms. The maximum Gasteiger partial charge on any atom is 0.329 e. The minimum Gasteiger partial charge on any atom is -0.454 e. The predicted octanol–water partition coefficient (Wildman–Crippen LogP) is 2.78. The van der Waals surface area contributed by atoms with Crippen LogP contribution < -0.4 is 5.32 Å². The second-order valence-electron chi connectivity index (χ2n) is 7.13. The number of rotatable bonds is 5. The molecule has 2 aromatic rings. The van der Waals surface area contributed by atoms with Crippen molar-refractivity contribution in [2.24, 2.45) is 0 Å². The molecule has 1 atom stereocenters. The Hall–Kier alpha value is -3.48. The molecule has 0 aromatic heterocycles. The number of fused-ring (bicyclic) bond motifs is 1. The van der Waals surface area contributed by atoms with Crippen molar-refractivity contribution in [2.45, 2.75) is 33.7 Å². The first-order chi connectivity index (χ1) is 13.7. The molecule has 3 amide bonds. The van der Waals surface area contributed by atoms with Crippen LogP contribution >= 0.6 is 0 Å². The lowest BCUT2D eigenvalue weighted by atomic mass is 10.1. The van der Waals surface area contributed by atoms with Gasteiger partial charge in [0.05, 0.1) is 11.1 Å². The molecule has 150 valence electrons. The van der Waals surface area contributed by atoms with E-state index in [0.29, 0.717) is 5.69 Å². The number of nitrogens with one attached hydrogen (secondary N) is 1. The molecule has 1 aliphatic rings. The van der Waals surface area contributed by atoms with Crippen LogP contribution in [0.15, 0.2) is 36.4 Å². The van der Waals surface area contributed by atoms with E-state index in [1.807, 2.05) is 32.9 Å². The highest BCUT2D eigenvalue weighted by molar-refractivity contribution is 6.22. The monoisotopic (exact) mass is 394 g/mol. The van der Waals surface area contributed by atoms with Gasteiger partial charge in [0.25, 0.3) is 17.7 Å². The molecule has 0 spiro atoms. The zero-order chi connectivity index (χ0) is 21.3.